The molecule has 8 aromatic rings. The zero-order valence-corrected chi connectivity index (χ0v) is 43.7. The van der Waals surface area contributed by atoms with Crippen LogP contribution in [-0.4, -0.2) is 101 Å². The second kappa shape index (κ2) is 21.9. The first kappa shape index (κ1) is 51.3. The fraction of sp³-hybridized carbons (Fsp3) is 0.302. The van der Waals surface area contributed by atoms with E-state index in [0.29, 0.717) is 86.4 Å². The number of fused-ring (bicyclic) bond motifs is 2. The number of likely N-dealkylation sites (tertiary alicyclic amines) is 1. The summed E-state index contributed by atoms with van der Waals surface area (Å²) in [4.78, 5) is 32.7. The Kier molecular flexibility index (Phi) is 15.4. The normalized spacial score (nSPS) is 16.4. The lowest BCUT2D eigenvalue weighted by Gasteiger charge is -2.34. The summed E-state index contributed by atoms with van der Waals surface area (Å²) in [6.07, 6.45) is 10.1. The van der Waals surface area contributed by atoms with E-state index in [1.165, 1.54) is 14.1 Å². The van der Waals surface area contributed by atoms with E-state index in [9.17, 15) is 21.6 Å². The third kappa shape index (κ3) is 11.6. The quantitative estimate of drug-likeness (QED) is 0.105. The number of carbonyl (C=O) groups excluding carboxylic acids is 1. The van der Waals surface area contributed by atoms with E-state index in [4.69, 9.17) is 27.9 Å². The maximum Gasteiger partial charge on any atom is 0.410 e. The zero-order chi connectivity index (χ0) is 51.3. The van der Waals surface area contributed by atoms with Crippen molar-refractivity contribution < 1.29 is 26.4 Å². The summed E-state index contributed by atoms with van der Waals surface area (Å²) in [6.45, 7) is 10.2. The number of ether oxygens (including phenoxy) is 1. The molecule has 3 N–H and O–H groups in total. The van der Waals surface area contributed by atoms with Crippen LogP contribution in [-0.2, 0) is 24.8 Å². The van der Waals surface area contributed by atoms with Gasteiger partial charge in [-0.3, -0.25) is 0 Å². The number of para-hydroxylation sites is 2. The molecule has 380 valence electrons. The highest BCUT2D eigenvalue weighted by Gasteiger charge is 2.29. The molecule has 16 nitrogen and oxygen atoms in total. The van der Waals surface area contributed by atoms with Crippen molar-refractivity contribution in [2.24, 2.45) is 11.8 Å². The molecule has 2 aliphatic heterocycles. The van der Waals surface area contributed by atoms with Crippen molar-refractivity contribution in [3.8, 4) is 22.5 Å². The van der Waals surface area contributed by atoms with Gasteiger partial charge in [-0.2, -0.15) is 0 Å². The third-order valence-electron chi connectivity index (χ3n) is 12.6. The van der Waals surface area contributed by atoms with E-state index >= 15 is 0 Å². The van der Waals surface area contributed by atoms with Crippen LogP contribution in [0.2, 0.25) is 10.0 Å². The molecule has 0 saturated carbocycles. The van der Waals surface area contributed by atoms with Gasteiger partial charge in [0.15, 0.2) is 0 Å². The minimum Gasteiger partial charge on any atom is -0.444 e. The highest BCUT2D eigenvalue weighted by atomic mass is 35.5. The molecule has 2 aliphatic rings. The molecule has 0 aliphatic carbocycles. The predicted octanol–water partition coefficient (Wildman–Crippen LogP) is 10.4. The molecular formula is C53H56Cl2N10O6S2. The van der Waals surface area contributed by atoms with Crippen molar-refractivity contribution in [2.45, 2.75) is 61.8 Å². The Balaban J connectivity index is 0.000000183. The molecule has 10 rings (SSSR count). The molecule has 0 bridgehead atoms. The van der Waals surface area contributed by atoms with E-state index in [1.807, 2.05) is 51.1 Å². The number of nitrogens with zero attached hydrogens (tertiary/aromatic N) is 7. The topological polar surface area (TPSA) is 195 Å². The van der Waals surface area contributed by atoms with Crippen molar-refractivity contribution in [3.63, 3.8) is 0 Å². The lowest BCUT2D eigenvalue weighted by Crippen LogP contribution is -2.44. The van der Waals surface area contributed by atoms with Gasteiger partial charge in [0.1, 0.15) is 5.60 Å². The number of hydrogen-bond acceptors (Lipinski definition) is 13. The molecule has 4 aromatic heterocycles. The van der Waals surface area contributed by atoms with E-state index in [-0.39, 0.29) is 21.8 Å². The lowest BCUT2D eigenvalue weighted by molar-refractivity contribution is 0.0172. The SMILES string of the molecule is CC(C)(C)OC(=O)N1CCCC(CNc2ncc(Cl)c(-c3cn(S(=O)(=O)c4ccccc4)c4ccccc34)n2)C1.O=S(=O)(c1ccccc1)n1cc(-c2nc(NCC3CCCNC3)ncc2Cl)c2ccccc21. The Morgan fingerprint density at radius 3 is 1.62 bits per heavy atom. The number of piperidine rings is 2. The molecule has 6 heterocycles. The maximum absolute atomic E-state index is 13.5. The van der Waals surface area contributed by atoms with Crippen molar-refractivity contribution in [1.29, 1.82) is 0 Å². The zero-order valence-electron chi connectivity index (χ0n) is 40.6. The van der Waals surface area contributed by atoms with Crippen molar-refractivity contribution in [3.05, 3.63) is 144 Å². The number of nitrogens with one attached hydrogen (secondary N) is 3. The van der Waals surface area contributed by atoms with E-state index in [1.54, 1.807) is 102 Å². The Morgan fingerprint density at radius 1 is 0.671 bits per heavy atom. The molecule has 2 fully saturated rings. The molecular weight excluding hydrogens is 1010 g/mol. The number of amides is 1. The number of carbonyl (C=O) groups is 1. The van der Waals surface area contributed by atoms with Gasteiger partial charge in [-0.25, -0.2) is 49.5 Å². The van der Waals surface area contributed by atoms with E-state index < -0.39 is 25.6 Å². The summed E-state index contributed by atoms with van der Waals surface area (Å²) >= 11 is 13.1. The van der Waals surface area contributed by atoms with Crippen LogP contribution in [0.25, 0.3) is 44.3 Å². The average molecular weight is 1060 g/mol. The Bertz CT molecular complexity index is 3480. The Morgan fingerprint density at radius 2 is 1.14 bits per heavy atom. The van der Waals surface area contributed by atoms with Gasteiger partial charge >= 0.3 is 6.09 Å². The predicted molar refractivity (Wildman–Crippen MR) is 287 cm³/mol. The maximum atomic E-state index is 13.5. The number of benzene rings is 4. The Hall–Kier alpha value is -6.57. The second-order valence-corrected chi connectivity index (χ2v) is 23.5. The van der Waals surface area contributed by atoms with Crippen LogP contribution in [0.1, 0.15) is 46.5 Å². The highest BCUT2D eigenvalue weighted by Crippen LogP contribution is 2.38. The minimum absolute atomic E-state index is 0.186. The second-order valence-electron chi connectivity index (χ2n) is 19.0. The number of rotatable bonds is 12. The largest absolute Gasteiger partial charge is 0.444 e. The number of halogens is 2. The third-order valence-corrected chi connectivity index (χ3v) is 16.6. The van der Waals surface area contributed by atoms with Gasteiger partial charge in [0, 0.05) is 60.5 Å². The molecule has 20 heteroatoms. The first-order chi connectivity index (χ1) is 35.1. The van der Waals surface area contributed by atoms with Crippen LogP contribution in [0.3, 0.4) is 0 Å². The summed E-state index contributed by atoms with van der Waals surface area (Å²) in [5.74, 6) is 1.56. The van der Waals surface area contributed by atoms with Gasteiger partial charge in [-0.1, -0.05) is 96.0 Å². The highest BCUT2D eigenvalue weighted by molar-refractivity contribution is 7.90. The molecule has 2 unspecified atom stereocenters. The number of anilines is 2. The molecule has 73 heavy (non-hydrogen) atoms. The van der Waals surface area contributed by atoms with Crippen molar-refractivity contribution >= 4 is 83.0 Å². The summed E-state index contributed by atoms with van der Waals surface area (Å²) < 4.78 is 61.9. The molecule has 1 amide bonds. The molecule has 0 spiro atoms. The molecule has 2 saturated heterocycles. The summed E-state index contributed by atoms with van der Waals surface area (Å²) in [5.41, 5.74) is 2.69. The van der Waals surface area contributed by atoms with E-state index in [0.717, 1.165) is 50.7 Å². The van der Waals surface area contributed by atoms with Gasteiger partial charge < -0.3 is 25.6 Å². The van der Waals surface area contributed by atoms with Crippen LogP contribution in [0.15, 0.2) is 144 Å². The lowest BCUT2D eigenvalue weighted by atomic mass is 9.98. The number of aromatic nitrogens is 6. The van der Waals surface area contributed by atoms with Crippen LogP contribution >= 0.6 is 23.2 Å². The minimum atomic E-state index is -3.85. The Labute approximate surface area is 435 Å². The average Bonchev–Trinajstić information content (AvgIpc) is 4.00. The summed E-state index contributed by atoms with van der Waals surface area (Å²) in [5, 5.41) is 12.1. The summed E-state index contributed by atoms with van der Waals surface area (Å²) in [6, 6.07) is 31.3. The van der Waals surface area contributed by atoms with Crippen molar-refractivity contribution in [1.82, 2.24) is 38.1 Å². The molecule has 4 aromatic carbocycles. The van der Waals surface area contributed by atoms with Gasteiger partial charge in [-0.05, 0) is 108 Å². The number of hydrogen-bond donors (Lipinski definition) is 3. The monoisotopic (exact) mass is 1060 g/mol. The first-order valence-corrected chi connectivity index (χ1v) is 27.7. The van der Waals surface area contributed by atoms with Crippen LogP contribution in [0.5, 0.6) is 0 Å². The van der Waals surface area contributed by atoms with Crippen LogP contribution in [0.4, 0.5) is 16.7 Å². The fourth-order valence-electron chi connectivity index (χ4n) is 9.06. The summed E-state index contributed by atoms with van der Waals surface area (Å²) in [7, 11) is -7.65. The van der Waals surface area contributed by atoms with Gasteiger partial charge in [0.25, 0.3) is 20.0 Å². The van der Waals surface area contributed by atoms with Gasteiger partial charge in [0.05, 0.1) is 54.7 Å². The van der Waals surface area contributed by atoms with Crippen LogP contribution < -0.4 is 16.0 Å². The smallest absolute Gasteiger partial charge is 0.410 e. The van der Waals surface area contributed by atoms with E-state index in [2.05, 4.69) is 35.9 Å². The fourth-order valence-corrected chi connectivity index (χ4v) is 12.2. The van der Waals surface area contributed by atoms with Gasteiger partial charge in [0.2, 0.25) is 11.9 Å². The first-order valence-electron chi connectivity index (χ1n) is 24.1. The van der Waals surface area contributed by atoms with Crippen LogP contribution in [0, 0.1) is 11.8 Å². The van der Waals surface area contributed by atoms with Crippen molar-refractivity contribution in [2.75, 3.05) is 49.9 Å². The van der Waals surface area contributed by atoms with Gasteiger partial charge in [-0.15, -0.1) is 0 Å². The molecule has 2 atom stereocenters. The molecule has 0 radical (unpaired) electrons. The standard InChI is InChI=1S/C29H32ClN5O4S.C24H24ClN5O2S/c1-29(2,3)39-28(36)34-15-9-10-20(18-34)16-31-27-32-17-24(30)26(33-27)23-19-35(25-14-8-7-13-22(23)25)40(37,38)21-11-5-4-6-12-21;25-21-15-28-24(27-14-17-7-6-12-26-13-17)29-23(21)20-16-30(22-11-5-4-10-19(20)22)33(31,32)18-8-2-1-3-9-18/h4-8,11-14,17,19-20H,9-10,15-16,18H2,1-3H3,(H,31,32,33);1-5,8-11,15-17,26H,6-7,12-14H2,(H,27,28,29).